The van der Waals surface area contributed by atoms with Gasteiger partial charge in [0.25, 0.3) is 0 Å². The third-order valence-corrected chi connectivity index (χ3v) is 2.65. The summed E-state index contributed by atoms with van der Waals surface area (Å²) in [6, 6.07) is 1.86. The van der Waals surface area contributed by atoms with Gasteiger partial charge in [-0.15, -0.1) is 0 Å². The molecule has 0 aliphatic rings. The summed E-state index contributed by atoms with van der Waals surface area (Å²) in [6.07, 6.45) is 2.99. The highest BCUT2D eigenvalue weighted by Gasteiger charge is 2.23. The Morgan fingerprint density at radius 2 is 2.40 bits per heavy atom. The van der Waals surface area contributed by atoms with Crippen LogP contribution in [-0.2, 0) is 4.79 Å². The lowest BCUT2D eigenvalue weighted by molar-refractivity contribution is -0.384. The molecule has 0 saturated heterocycles. The zero-order valence-corrected chi connectivity index (χ0v) is 10.9. The lowest BCUT2D eigenvalue weighted by Gasteiger charge is -2.14. The van der Waals surface area contributed by atoms with Gasteiger partial charge < -0.3 is 10.4 Å². The molecule has 1 rings (SSSR count). The second-order valence-corrected chi connectivity index (χ2v) is 4.14. The summed E-state index contributed by atoms with van der Waals surface area (Å²) in [4.78, 5) is 25.1. The maximum Gasteiger partial charge on any atom is 0.326 e. The Morgan fingerprint density at radius 3 is 2.90 bits per heavy atom. The summed E-state index contributed by atoms with van der Waals surface area (Å²) in [7, 11) is 0. The van der Waals surface area contributed by atoms with Gasteiger partial charge in [0, 0.05) is 12.3 Å². The first kappa shape index (κ1) is 15.4. The van der Waals surface area contributed by atoms with Crippen molar-refractivity contribution in [3.63, 3.8) is 0 Å². The van der Waals surface area contributed by atoms with Crippen molar-refractivity contribution in [2.24, 2.45) is 0 Å². The van der Waals surface area contributed by atoms with Gasteiger partial charge in [-0.2, -0.15) is 5.26 Å². The van der Waals surface area contributed by atoms with Crippen LogP contribution < -0.4 is 5.32 Å². The molecule has 20 heavy (non-hydrogen) atoms. The van der Waals surface area contributed by atoms with E-state index in [0.29, 0.717) is 12.8 Å². The summed E-state index contributed by atoms with van der Waals surface area (Å²) >= 11 is 0. The quantitative estimate of drug-likeness (QED) is 0.575. The number of unbranched alkanes of at least 4 members (excludes halogenated alkanes) is 1. The lowest BCUT2D eigenvalue weighted by atomic mass is 10.1. The number of carboxylic acids is 1. The summed E-state index contributed by atoms with van der Waals surface area (Å²) in [5.41, 5.74) is -0.366. The van der Waals surface area contributed by atoms with Crippen LogP contribution in [0.3, 0.4) is 0 Å². The Balaban J connectivity index is 3.03. The van der Waals surface area contributed by atoms with Crippen molar-refractivity contribution >= 4 is 17.5 Å². The van der Waals surface area contributed by atoms with Crippen LogP contribution in [0.15, 0.2) is 12.3 Å². The van der Waals surface area contributed by atoms with Gasteiger partial charge in [-0.05, 0) is 6.42 Å². The molecule has 106 valence electrons. The molecule has 2 N–H and O–H groups in total. The molecule has 1 unspecified atom stereocenters. The molecule has 0 bridgehead atoms. The number of aromatic nitrogens is 1. The van der Waals surface area contributed by atoms with E-state index in [1.54, 1.807) is 6.07 Å². The Morgan fingerprint density at radius 1 is 1.70 bits per heavy atom. The first-order valence-corrected chi connectivity index (χ1v) is 6.03. The van der Waals surface area contributed by atoms with E-state index >= 15 is 0 Å². The summed E-state index contributed by atoms with van der Waals surface area (Å²) in [6.45, 7) is 1.92. The number of pyridine rings is 1. The van der Waals surface area contributed by atoms with E-state index in [9.17, 15) is 14.9 Å². The van der Waals surface area contributed by atoms with Crippen molar-refractivity contribution in [3.05, 3.63) is 27.9 Å². The molecule has 0 aliphatic heterocycles. The number of hydrogen-bond donors (Lipinski definition) is 2. The first-order valence-electron chi connectivity index (χ1n) is 6.03. The van der Waals surface area contributed by atoms with Gasteiger partial charge in [0.05, 0.1) is 10.5 Å². The van der Waals surface area contributed by atoms with Crippen LogP contribution in [0.25, 0.3) is 0 Å². The van der Waals surface area contributed by atoms with Gasteiger partial charge in [-0.1, -0.05) is 19.8 Å². The molecule has 1 atom stereocenters. The number of nitro groups is 1. The number of carboxylic acid groups (broad SMARTS) is 1. The van der Waals surface area contributed by atoms with Gasteiger partial charge in [-0.25, -0.2) is 9.78 Å². The fourth-order valence-corrected chi connectivity index (χ4v) is 1.60. The average molecular weight is 278 g/mol. The van der Waals surface area contributed by atoms with Gasteiger partial charge in [-0.3, -0.25) is 10.1 Å². The monoisotopic (exact) mass is 278 g/mol. The normalized spacial score (nSPS) is 11.4. The third-order valence-electron chi connectivity index (χ3n) is 2.65. The van der Waals surface area contributed by atoms with E-state index < -0.39 is 22.6 Å². The van der Waals surface area contributed by atoms with Crippen molar-refractivity contribution in [1.82, 2.24) is 4.98 Å². The summed E-state index contributed by atoms with van der Waals surface area (Å²) < 4.78 is 0. The Kier molecular flexibility index (Phi) is 5.41. The molecular weight excluding hydrogens is 264 g/mol. The zero-order valence-electron chi connectivity index (χ0n) is 10.9. The number of nitriles is 1. The number of nitrogens with zero attached hydrogens (tertiary/aromatic N) is 3. The Bertz CT molecular complexity index is 553. The molecule has 0 amide bonds. The largest absolute Gasteiger partial charge is 0.480 e. The van der Waals surface area contributed by atoms with Crippen LogP contribution in [0, 0.1) is 21.4 Å². The van der Waals surface area contributed by atoms with Crippen LogP contribution in [0.1, 0.15) is 31.7 Å². The van der Waals surface area contributed by atoms with Crippen LogP contribution in [-0.4, -0.2) is 27.0 Å². The van der Waals surface area contributed by atoms with Gasteiger partial charge in [0.2, 0.25) is 5.82 Å². The maximum absolute atomic E-state index is 11.1. The maximum atomic E-state index is 11.1. The van der Waals surface area contributed by atoms with Crippen molar-refractivity contribution in [2.45, 2.75) is 32.2 Å². The zero-order chi connectivity index (χ0) is 15.1. The molecule has 0 aromatic carbocycles. The smallest absolute Gasteiger partial charge is 0.326 e. The summed E-state index contributed by atoms with van der Waals surface area (Å²) in [5.74, 6) is -1.24. The molecule has 8 heteroatoms. The molecule has 0 aliphatic carbocycles. The highest BCUT2D eigenvalue weighted by atomic mass is 16.6. The number of hydrogen-bond acceptors (Lipinski definition) is 6. The molecule has 0 radical (unpaired) electrons. The topological polar surface area (TPSA) is 129 Å². The van der Waals surface area contributed by atoms with E-state index in [4.69, 9.17) is 10.4 Å². The Labute approximate surface area is 115 Å². The van der Waals surface area contributed by atoms with Gasteiger partial charge in [0.15, 0.2) is 0 Å². The molecule has 8 nitrogen and oxygen atoms in total. The fourth-order valence-electron chi connectivity index (χ4n) is 1.60. The average Bonchev–Trinajstić information content (AvgIpc) is 2.42. The minimum absolute atomic E-state index is 0.0442. The first-order chi connectivity index (χ1) is 9.49. The molecular formula is C12H14N4O4. The van der Waals surface area contributed by atoms with E-state index in [1.165, 1.54) is 0 Å². The molecule has 1 aromatic heterocycles. The van der Waals surface area contributed by atoms with Gasteiger partial charge in [0.1, 0.15) is 12.1 Å². The number of nitrogens with one attached hydrogen (secondary N) is 1. The van der Waals surface area contributed by atoms with Crippen molar-refractivity contribution in [3.8, 4) is 6.07 Å². The van der Waals surface area contributed by atoms with Crippen molar-refractivity contribution < 1.29 is 14.8 Å². The second-order valence-electron chi connectivity index (χ2n) is 4.14. The predicted octanol–water partition coefficient (Wildman–Crippen LogP) is 1.92. The SMILES string of the molecule is CCCCC(Nc1ncc(C#N)cc1[N+](=O)[O-])C(=O)O. The lowest BCUT2D eigenvalue weighted by Crippen LogP contribution is -2.29. The van der Waals surface area contributed by atoms with Crippen LogP contribution >= 0.6 is 0 Å². The van der Waals surface area contributed by atoms with E-state index in [-0.39, 0.29) is 11.4 Å². The molecule has 1 aromatic rings. The highest BCUT2D eigenvalue weighted by Crippen LogP contribution is 2.24. The van der Waals surface area contributed by atoms with Crippen molar-refractivity contribution in [1.29, 1.82) is 5.26 Å². The van der Waals surface area contributed by atoms with Gasteiger partial charge >= 0.3 is 11.7 Å². The number of anilines is 1. The highest BCUT2D eigenvalue weighted by molar-refractivity contribution is 5.78. The standard InChI is InChI=1S/C12H14N4O4/c1-2-3-4-9(12(17)18)15-11-10(16(19)20)5-8(6-13)7-14-11/h5,7,9H,2-4H2,1H3,(H,14,15)(H,17,18). The molecule has 0 fully saturated rings. The second kappa shape index (κ2) is 7.04. The third kappa shape index (κ3) is 3.91. The molecule has 0 saturated carbocycles. The summed E-state index contributed by atoms with van der Waals surface area (Å²) in [5, 5.41) is 31.2. The van der Waals surface area contributed by atoms with E-state index in [0.717, 1.165) is 18.7 Å². The number of rotatable bonds is 7. The minimum Gasteiger partial charge on any atom is -0.480 e. The van der Waals surface area contributed by atoms with Crippen LogP contribution in [0.4, 0.5) is 11.5 Å². The number of carbonyl (C=O) groups is 1. The van der Waals surface area contributed by atoms with E-state index in [1.807, 2.05) is 6.92 Å². The molecule has 1 heterocycles. The molecule has 0 spiro atoms. The fraction of sp³-hybridized carbons (Fsp3) is 0.417. The Hall–Kier alpha value is -2.69. The number of aliphatic carboxylic acids is 1. The van der Waals surface area contributed by atoms with E-state index in [2.05, 4.69) is 10.3 Å². The van der Waals surface area contributed by atoms with Crippen LogP contribution in [0.5, 0.6) is 0 Å². The minimum atomic E-state index is -1.10. The predicted molar refractivity (Wildman–Crippen MR) is 70.2 cm³/mol. The van der Waals surface area contributed by atoms with Crippen molar-refractivity contribution in [2.75, 3.05) is 5.32 Å². The van der Waals surface area contributed by atoms with Crippen LogP contribution in [0.2, 0.25) is 0 Å².